The third-order valence-corrected chi connectivity index (χ3v) is 1.38. The lowest BCUT2D eigenvalue weighted by Crippen LogP contribution is -2.08. The molecule has 0 saturated heterocycles. The van der Waals surface area contributed by atoms with E-state index in [1.807, 2.05) is 0 Å². The number of hydrogen-bond acceptors (Lipinski definition) is 8. The molecule has 0 atom stereocenters. The molecule has 0 saturated carbocycles. The third-order valence-electron chi connectivity index (χ3n) is 1.38. The third kappa shape index (κ3) is 9.97. The summed E-state index contributed by atoms with van der Waals surface area (Å²) in [6.45, 7) is -0.141. The first-order valence-electron chi connectivity index (χ1n) is 4.79. The second kappa shape index (κ2) is 10.9. The lowest BCUT2D eigenvalue weighted by atomic mass is 10.5. The molecule has 0 aromatic carbocycles. The molecule has 0 aliphatic heterocycles. The van der Waals surface area contributed by atoms with E-state index in [1.54, 1.807) is 0 Å². The summed E-state index contributed by atoms with van der Waals surface area (Å²) >= 11 is 0. The van der Waals surface area contributed by atoms with Gasteiger partial charge in [0.25, 0.3) is 0 Å². The Kier molecular flexibility index (Phi) is 9.39. The van der Waals surface area contributed by atoms with Crippen LogP contribution in [-0.4, -0.2) is 50.4 Å². The fourth-order valence-electron chi connectivity index (χ4n) is 0.707. The van der Waals surface area contributed by atoms with Gasteiger partial charge in [0.1, 0.15) is 13.2 Å². The molecule has 0 unspecified atom stereocenters. The van der Waals surface area contributed by atoms with Gasteiger partial charge in [-0.25, -0.2) is 29.2 Å². The van der Waals surface area contributed by atoms with Crippen LogP contribution in [0.2, 0.25) is 0 Å². The summed E-state index contributed by atoms with van der Waals surface area (Å²) in [5, 5.41) is 0. The van der Waals surface area contributed by atoms with Gasteiger partial charge in [0, 0.05) is 12.2 Å². The van der Waals surface area contributed by atoms with E-state index >= 15 is 0 Å². The highest BCUT2D eigenvalue weighted by atomic mass is 16.5. The molecule has 0 radical (unpaired) electrons. The summed E-state index contributed by atoms with van der Waals surface area (Å²) in [5.74, 6) is -1.53. The first-order valence-corrected chi connectivity index (χ1v) is 4.79. The zero-order valence-corrected chi connectivity index (χ0v) is 9.33. The van der Waals surface area contributed by atoms with Crippen LogP contribution in [0.1, 0.15) is 0 Å². The summed E-state index contributed by atoms with van der Waals surface area (Å²) in [5.41, 5.74) is 0. The van der Waals surface area contributed by atoms with Gasteiger partial charge in [-0.05, 0) is 0 Å². The van der Waals surface area contributed by atoms with Gasteiger partial charge in [0.15, 0.2) is 0 Å². The first kappa shape index (κ1) is 15.4. The average molecular weight is 254 g/mol. The van der Waals surface area contributed by atoms with Crippen molar-refractivity contribution in [1.82, 2.24) is 0 Å². The minimum atomic E-state index is -0.765. The number of ether oxygens (including phenoxy) is 2. The van der Waals surface area contributed by atoms with Gasteiger partial charge in [0.2, 0.25) is 12.2 Å². The SMILES string of the molecule is O=C=NCCOC(=O)C=CC(=O)OCCN=C=O. The molecule has 0 aromatic rings. The minimum Gasteiger partial charge on any atom is -0.461 e. The van der Waals surface area contributed by atoms with Crippen molar-refractivity contribution in [1.29, 1.82) is 0 Å². The molecule has 0 spiro atoms. The molecule has 0 amide bonds. The maximum Gasteiger partial charge on any atom is 0.331 e. The Morgan fingerprint density at radius 3 is 1.61 bits per heavy atom. The van der Waals surface area contributed by atoms with E-state index in [9.17, 15) is 19.2 Å². The Labute approximate surface area is 102 Å². The van der Waals surface area contributed by atoms with Crippen molar-refractivity contribution in [2.24, 2.45) is 9.98 Å². The molecule has 0 bridgehead atoms. The molecule has 8 nitrogen and oxygen atoms in total. The van der Waals surface area contributed by atoms with E-state index in [0.717, 1.165) is 12.2 Å². The van der Waals surface area contributed by atoms with Crippen LogP contribution in [0, 0.1) is 0 Å². The fourth-order valence-corrected chi connectivity index (χ4v) is 0.707. The van der Waals surface area contributed by atoms with Crippen molar-refractivity contribution < 1.29 is 28.7 Å². The van der Waals surface area contributed by atoms with Gasteiger partial charge < -0.3 is 9.47 Å². The van der Waals surface area contributed by atoms with Crippen molar-refractivity contribution in [3.8, 4) is 0 Å². The normalized spacial score (nSPS) is 9.11. The number of carbonyl (C=O) groups excluding carboxylic acids is 4. The van der Waals surface area contributed by atoms with E-state index < -0.39 is 11.9 Å². The van der Waals surface area contributed by atoms with Crippen LogP contribution >= 0.6 is 0 Å². The van der Waals surface area contributed by atoms with Gasteiger partial charge >= 0.3 is 11.9 Å². The predicted molar refractivity (Wildman–Crippen MR) is 57.0 cm³/mol. The molecule has 8 heteroatoms. The van der Waals surface area contributed by atoms with Crippen molar-refractivity contribution >= 4 is 24.1 Å². The van der Waals surface area contributed by atoms with Crippen LogP contribution in [0.3, 0.4) is 0 Å². The molecule has 0 aromatic heterocycles. The van der Waals surface area contributed by atoms with E-state index in [2.05, 4.69) is 19.5 Å². The maximum atomic E-state index is 11.0. The Balaban J connectivity index is 3.77. The molecule has 18 heavy (non-hydrogen) atoms. The predicted octanol–water partition coefficient (Wildman–Crippen LogP) is -0.699. The van der Waals surface area contributed by atoms with Crippen molar-refractivity contribution in [2.75, 3.05) is 26.3 Å². The molecule has 0 fully saturated rings. The van der Waals surface area contributed by atoms with Crippen molar-refractivity contribution in [3.63, 3.8) is 0 Å². The van der Waals surface area contributed by atoms with Crippen LogP contribution in [0.5, 0.6) is 0 Å². The monoisotopic (exact) mass is 254 g/mol. The number of aliphatic imine (C=N–C) groups is 2. The molecule has 0 aliphatic rings. The second-order valence-corrected chi connectivity index (χ2v) is 2.61. The highest BCUT2D eigenvalue weighted by Gasteiger charge is 2.00. The van der Waals surface area contributed by atoms with Crippen LogP contribution < -0.4 is 0 Å². The number of hydrogen-bond donors (Lipinski definition) is 0. The second-order valence-electron chi connectivity index (χ2n) is 2.61. The lowest BCUT2D eigenvalue weighted by Gasteiger charge is -1.98. The van der Waals surface area contributed by atoms with Gasteiger partial charge in [-0.15, -0.1) is 0 Å². The molecule has 0 rings (SSSR count). The molecular formula is C10H10N2O6. The summed E-state index contributed by atoms with van der Waals surface area (Å²) in [4.78, 5) is 47.6. The maximum absolute atomic E-state index is 11.0. The van der Waals surface area contributed by atoms with Gasteiger partial charge in [-0.1, -0.05) is 0 Å². The van der Waals surface area contributed by atoms with E-state index in [1.165, 1.54) is 12.2 Å². The number of rotatable bonds is 8. The zero-order valence-electron chi connectivity index (χ0n) is 9.33. The summed E-state index contributed by atoms with van der Waals surface area (Å²) in [6, 6.07) is 0. The number of isocyanates is 2. The number of esters is 2. The van der Waals surface area contributed by atoms with Gasteiger partial charge in [0.05, 0.1) is 13.1 Å². The lowest BCUT2D eigenvalue weighted by molar-refractivity contribution is -0.140. The standard InChI is InChI=1S/C10H10N2O6/c13-7-11-3-5-17-9(15)1-2-10(16)18-6-4-12-8-14/h1-2H,3-6H2. The van der Waals surface area contributed by atoms with Crippen LogP contribution in [0.4, 0.5) is 0 Å². The van der Waals surface area contributed by atoms with Gasteiger partial charge in [-0.3, -0.25) is 0 Å². The minimum absolute atomic E-state index is 0.0111. The summed E-state index contributed by atoms with van der Waals surface area (Å²) in [6.07, 6.45) is 4.30. The largest absolute Gasteiger partial charge is 0.461 e. The zero-order chi connectivity index (χ0) is 13.6. The Morgan fingerprint density at radius 1 is 0.889 bits per heavy atom. The molecule has 0 heterocycles. The van der Waals surface area contributed by atoms with Crippen LogP contribution in [-0.2, 0) is 28.7 Å². The van der Waals surface area contributed by atoms with E-state index in [-0.39, 0.29) is 26.3 Å². The Morgan fingerprint density at radius 2 is 1.28 bits per heavy atom. The van der Waals surface area contributed by atoms with Gasteiger partial charge in [-0.2, -0.15) is 0 Å². The average Bonchev–Trinajstić information content (AvgIpc) is 2.37. The number of nitrogens with zero attached hydrogens (tertiary/aromatic N) is 2. The highest BCUT2D eigenvalue weighted by molar-refractivity contribution is 5.91. The topological polar surface area (TPSA) is 111 Å². The fraction of sp³-hybridized carbons (Fsp3) is 0.400. The van der Waals surface area contributed by atoms with E-state index in [4.69, 9.17) is 0 Å². The molecule has 0 aliphatic carbocycles. The Bertz CT molecular complexity index is 367. The Hall–Kier alpha value is -2.56. The van der Waals surface area contributed by atoms with Crippen molar-refractivity contribution in [2.45, 2.75) is 0 Å². The summed E-state index contributed by atoms with van der Waals surface area (Å²) in [7, 11) is 0. The summed E-state index contributed by atoms with van der Waals surface area (Å²) < 4.78 is 9.12. The smallest absolute Gasteiger partial charge is 0.331 e. The van der Waals surface area contributed by atoms with E-state index in [0.29, 0.717) is 0 Å². The van der Waals surface area contributed by atoms with Crippen LogP contribution in [0.15, 0.2) is 22.1 Å². The number of carbonyl (C=O) groups is 2. The first-order chi connectivity index (χ1) is 8.70. The van der Waals surface area contributed by atoms with Crippen molar-refractivity contribution in [3.05, 3.63) is 12.2 Å². The van der Waals surface area contributed by atoms with Crippen LogP contribution in [0.25, 0.3) is 0 Å². The molecular weight excluding hydrogens is 244 g/mol. The highest BCUT2D eigenvalue weighted by Crippen LogP contribution is 1.86. The quantitative estimate of drug-likeness (QED) is 0.186. The molecule has 0 N–H and O–H groups in total. The molecule has 96 valence electrons.